The molecule has 0 aliphatic heterocycles. The largest absolute Gasteiger partial charge is 0.445 e. The fourth-order valence-electron chi connectivity index (χ4n) is 4.94. The number of aromatic nitrogens is 1. The second-order valence-electron chi connectivity index (χ2n) is 11.3. The Morgan fingerprint density at radius 2 is 1.67 bits per heavy atom. The van der Waals surface area contributed by atoms with Gasteiger partial charge in [-0.05, 0) is 69.6 Å². The molecular formula is C30H39N3O6. The van der Waals surface area contributed by atoms with Crippen molar-refractivity contribution in [1.29, 1.82) is 0 Å². The van der Waals surface area contributed by atoms with E-state index in [0.29, 0.717) is 30.0 Å². The predicted molar refractivity (Wildman–Crippen MR) is 147 cm³/mol. The Bertz CT molecular complexity index is 1180. The van der Waals surface area contributed by atoms with Gasteiger partial charge >= 0.3 is 12.2 Å². The molecule has 1 aromatic heterocycles. The standard InChI is InChI=1S/C30H39N3O6/c1-30(2,3)39-28(35)31-18-21-15-13-20(14-16-21)17-24(33-29(36)37-19-22-9-5-4-6-10-22)26(34)27-32-23-11-7-8-12-25(23)38-27/h4-12,20-21,24,26,34H,13-19H2,1-3H3,(H,31,35)(H,33,36)/t20?,21?,24-,26?/m0/s1. The average molecular weight is 538 g/mol. The first-order chi connectivity index (χ1) is 18.7. The molecule has 9 heteroatoms. The lowest BCUT2D eigenvalue weighted by Crippen LogP contribution is -2.42. The lowest BCUT2D eigenvalue weighted by Gasteiger charge is -2.32. The second kappa shape index (κ2) is 13.0. The minimum absolute atomic E-state index is 0.133. The third-order valence-corrected chi connectivity index (χ3v) is 6.95. The molecule has 0 saturated heterocycles. The first-order valence-electron chi connectivity index (χ1n) is 13.6. The average Bonchev–Trinajstić information content (AvgIpc) is 3.35. The number of hydrogen-bond acceptors (Lipinski definition) is 7. The zero-order valence-corrected chi connectivity index (χ0v) is 22.9. The zero-order valence-electron chi connectivity index (χ0n) is 22.9. The van der Waals surface area contributed by atoms with Gasteiger partial charge in [-0.25, -0.2) is 14.6 Å². The normalized spacial score (nSPS) is 19.2. The Balaban J connectivity index is 1.35. The molecule has 0 radical (unpaired) electrons. The van der Waals surface area contributed by atoms with Gasteiger partial charge in [-0.2, -0.15) is 0 Å². The van der Waals surface area contributed by atoms with E-state index < -0.39 is 29.9 Å². The van der Waals surface area contributed by atoms with Gasteiger partial charge in [0.2, 0.25) is 5.89 Å². The molecule has 1 unspecified atom stereocenters. The maximum Gasteiger partial charge on any atom is 0.407 e. The highest BCUT2D eigenvalue weighted by molar-refractivity contribution is 5.72. The highest BCUT2D eigenvalue weighted by Gasteiger charge is 2.32. The first kappa shape index (κ1) is 28.4. The van der Waals surface area contributed by atoms with E-state index in [1.54, 1.807) is 6.07 Å². The van der Waals surface area contributed by atoms with E-state index in [2.05, 4.69) is 15.6 Å². The van der Waals surface area contributed by atoms with Crippen molar-refractivity contribution < 1.29 is 28.6 Å². The van der Waals surface area contributed by atoms with Crippen molar-refractivity contribution in [2.45, 2.75) is 77.2 Å². The fourth-order valence-corrected chi connectivity index (χ4v) is 4.94. The maximum atomic E-state index is 12.7. The van der Waals surface area contributed by atoms with Gasteiger partial charge in [0.15, 0.2) is 11.7 Å². The highest BCUT2D eigenvalue weighted by Crippen LogP contribution is 2.34. The van der Waals surface area contributed by atoms with Crippen LogP contribution in [-0.4, -0.2) is 40.5 Å². The molecule has 210 valence electrons. The van der Waals surface area contributed by atoms with Crippen molar-refractivity contribution >= 4 is 23.3 Å². The number of alkyl carbamates (subject to hydrolysis) is 2. The van der Waals surface area contributed by atoms with E-state index in [0.717, 1.165) is 31.2 Å². The van der Waals surface area contributed by atoms with Crippen LogP contribution >= 0.6 is 0 Å². The molecule has 2 amide bonds. The lowest BCUT2D eigenvalue weighted by molar-refractivity contribution is 0.0509. The summed E-state index contributed by atoms with van der Waals surface area (Å²) in [5.41, 5.74) is 1.58. The number of para-hydroxylation sites is 2. The summed E-state index contributed by atoms with van der Waals surface area (Å²) < 4.78 is 16.6. The van der Waals surface area contributed by atoms with Gasteiger partial charge in [-0.3, -0.25) is 0 Å². The molecule has 2 atom stereocenters. The molecule has 3 N–H and O–H groups in total. The van der Waals surface area contributed by atoms with Crippen molar-refractivity contribution in [3.63, 3.8) is 0 Å². The summed E-state index contributed by atoms with van der Waals surface area (Å²) in [4.78, 5) is 29.2. The smallest absolute Gasteiger partial charge is 0.407 e. The molecule has 2 aromatic carbocycles. The Labute approximate surface area is 229 Å². The number of hydrogen-bond donors (Lipinski definition) is 3. The van der Waals surface area contributed by atoms with E-state index in [1.165, 1.54) is 0 Å². The van der Waals surface area contributed by atoms with Gasteiger partial charge in [0.25, 0.3) is 0 Å². The summed E-state index contributed by atoms with van der Waals surface area (Å²) in [6, 6.07) is 16.1. The monoisotopic (exact) mass is 537 g/mol. The predicted octanol–water partition coefficient (Wildman–Crippen LogP) is 5.88. The fraction of sp³-hybridized carbons (Fsp3) is 0.500. The number of nitrogens with zero attached hydrogens (tertiary/aromatic N) is 1. The summed E-state index contributed by atoms with van der Waals surface area (Å²) in [5, 5.41) is 17.0. The third-order valence-electron chi connectivity index (χ3n) is 6.95. The molecule has 1 aliphatic rings. The van der Waals surface area contributed by atoms with Crippen molar-refractivity contribution in [3.8, 4) is 0 Å². The minimum Gasteiger partial charge on any atom is -0.445 e. The number of oxazole rings is 1. The Kier molecular flexibility index (Phi) is 9.45. The van der Waals surface area contributed by atoms with Crippen LogP contribution in [0.2, 0.25) is 0 Å². The first-order valence-corrected chi connectivity index (χ1v) is 13.6. The molecule has 4 rings (SSSR count). The summed E-state index contributed by atoms with van der Waals surface area (Å²) >= 11 is 0. The van der Waals surface area contributed by atoms with Crippen molar-refractivity contribution in [1.82, 2.24) is 15.6 Å². The van der Waals surface area contributed by atoms with Gasteiger partial charge in [0.05, 0.1) is 6.04 Å². The molecule has 1 heterocycles. The Morgan fingerprint density at radius 3 is 2.36 bits per heavy atom. The number of rotatable bonds is 9. The molecule has 1 saturated carbocycles. The number of benzene rings is 2. The number of nitrogens with one attached hydrogen (secondary N) is 2. The molecule has 9 nitrogen and oxygen atoms in total. The number of ether oxygens (including phenoxy) is 2. The number of fused-ring (bicyclic) bond motifs is 1. The highest BCUT2D eigenvalue weighted by atomic mass is 16.6. The van der Waals surface area contributed by atoms with Crippen molar-refractivity contribution in [2.75, 3.05) is 6.54 Å². The summed E-state index contributed by atoms with van der Waals surface area (Å²) in [6.07, 6.45) is 2.12. The van der Waals surface area contributed by atoms with E-state index in [1.807, 2.05) is 69.3 Å². The second-order valence-corrected chi connectivity index (χ2v) is 11.3. The topological polar surface area (TPSA) is 123 Å². The van der Waals surface area contributed by atoms with E-state index >= 15 is 0 Å². The quantitative estimate of drug-likeness (QED) is 0.312. The number of aliphatic hydroxyl groups is 1. The maximum absolute atomic E-state index is 12.7. The Morgan fingerprint density at radius 1 is 1.00 bits per heavy atom. The van der Waals surface area contributed by atoms with Crippen molar-refractivity contribution in [3.05, 3.63) is 66.1 Å². The molecule has 1 aliphatic carbocycles. The van der Waals surface area contributed by atoms with Gasteiger partial charge in [0.1, 0.15) is 17.7 Å². The third kappa shape index (κ3) is 8.71. The molecule has 3 aromatic rings. The molecule has 39 heavy (non-hydrogen) atoms. The molecule has 0 spiro atoms. The molecular weight excluding hydrogens is 498 g/mol. The number of amides is 2. The molecule has 0 bridgehead atoms. The summed E-state index contributed by atoms with van der Waals surface area (Å²) in [6.45, 7) is 6.23. The summed E-state index contributed by atoms with van der Waals surface area (Å²) in [5.74, 6) is 0.805. The van der Waals surface area contributed by atoms with Gasteiger partial charge in [-0.15, -0.1) is 0 Å². The minimum atomic E-state index is -1.13. The van der Waals surface area contributed by atoms with Crippen LogP contribution in [0.25, 0.3) is 11.1 Å². The van der Waals surface area contributed by atoms with Crippen LogP contribution in [0.15, 0.2) is 59.0 Å². The van der Waals surface area contributed by atoms with Crippen LogP contribution in [0.5, 0.6) is 0 Å². The van der Waals surface area contributed by atoms with E-state index in [-0.39, 0.29) is 18.4 Å². The van der Waals surface area contributed by atoms with Crippen LogP contribution in [-0.2, 0) is 16.1 Å². The number of carbonyl (C=O) groups is 2. The van der Waals surface area contributed by atoms with Gasteiger partial charge in [-0.1, -0.05) is 55.3 Å². The summed E-state index contributed by atoms with van der Waals surface area (Å²) in [7, 11) is 0. The number of aliphatic hydroxyl groups excluding tert-OH is 1. The molecule has 1 fully saturated rings. The van der Waals surface area contributed by atoms with Crippen molar-refractivity contribution in [2.24, 2.45) is 11.8 Å². The Hall–Kier alpha value is -3.59. The number of carbonyl (C=O) groups excluding carboxylic acids is 2. The van der Waals surface area contributed by atoms with Gasteiger partial charge in [0, 0.05) is 6.54 Å². The SMILES string of the molecule is CC(C)(C)OC(=O)NCC1CCC(C[C@H](NC(=O)OCc2ccccc2)C(O)c2nc3ccccc3o2)CC1. The van der Waals surface area contributed by atoms with E-state index in [4.69, 9.17) is 13.9 Å². The van der Waals surface area contributed by atoms with Gasteiger partial charge < -0.3 is 29.6 Å². The van der Waals surface area contributed by atoms with Crippen LogP contribution in [0.4, 0.5) is 9.59 Å². The van der Waals surface area contributed by atoms with Crippen LogP contribution in [0.3, 0.4) is 0 Å². The lowest BCUT2D eigenvalue weighted by atomic mass is 9.78. The zero-order chi connectivity index (χ0) is 27.8. The van der Waals surface area contributed by atoms with Crippen LogP contribution in [0, 0.1) is 11.8 Å². The van der Waals surface area contributed by atoms with Crippen LogP contribution in [0.1, 0.15) is 70.4 Å². The van der Waals surface area contributed by atoms with E-state index in [9.17, 15) is 14.7 Å². The van der Waals surface area contributed by atoms with Crippen LogP contribution < -0.4 is 10.6 Å².